The van der Waals surface area contributed by atoms with Crippen molar-refractivity contribution in [1.82, 2.24) is 4.90 Å². The molecule has 27 heavy (non-hydrogen) atoms. The Balaban J connectivity index is 0. The first-order valence-corrected chi connectivity index (χ1v) is 14.0. The molecule has 0 aromatic carbocycles. The fourth-order valence-corrected chi connectivity index (χ4v) is 3.68. The number of hydrogen-bond acceptors (Lipinski definition) is 1. The highest BCUT2D eigenvalue weighted by atomic mass is 79.9. The maximum absolute atomic E-state index is 2.94. The smallest absolute Gasteiger partial charge is 0.00187 e. The van der Waals surface area contributed by atoms with Gasteiger partial charge in [-0.1, -0.05) is 133 Å². The fraction of sp³-hybridized carbons (Fsp3) is 1.00. The van der Waals surface area contributed by atoms with Crippen LogP contribution in [0.2, 0.25) is 0 Å². The lowest BCUT2D eigenvalue weighted by atomic mass is 10.1. The van der Waals surface area contributed by atoms with Crippen LogP contribution < -0.4 is 0 Å². The summed E-state index contributed by atoms with van der Waals surface area (Å²) in [5, 5.41) is 0. The number of nitrogens with zero attached hydrogens (tertiary/aromatic N) is 1. The standard InChI is InChI=1S/C24H51N.CH3Br/c1-4-7-10-13-16-19-22-25(23-20-17-14-11-8-5-2)24-21-18-15-12-9-6-3;1-2/h4-24H2,1-3H3;1H3. The summed E-state index contributed by atoms with van der Waals surface area (Å²) in [6, 6.07) is 0. The van der Waals surface area contributed by atoms with Gasteiger partial charge in [-0.3, -0.25) is 0 Å². The molecule has 0 saturated carbocycles. The van der Waals surface area contributed by atoms with E-state index in [4.69, 9.17) is 0 Å². The number of alkyl halides is 1. The van der Waals surface area contributed by atoms with Crippen LogP contribution in [0.15, 0.2) is 0 Å². The van der Waals surface area contributed by atoms with Crippen LogP contribution in [0.3, 0.4) is 0 Å². The van der Waals surface area contributed by atoms with Crippen LogP contribution in [-0.4, -0.2) is 30.4 Å². The monoisotopic (exact) mass is 447 g/mol. The Morgan fingerprint density at radius 1 is 0.370 bits per heavy atom. The van der Waals surface area contributed by atoms with E-state index in [9.17, 15) is 0 Å². The van der Waals surface area contributed by atoms with Crippen LogP contribution in [0, 0.1) is 0 Å². The molecule has 0 spiro atoms. The van der Waals surface area contributed by atoms with Crippen molar-refractivity contribution >= 4 is 15.9 Å². The van der Waals surface area contributed by atoms with E-state index in [2.05, 4.69) is 41.6 Å². The van der Waals surface area contributed by atoms with Crippen LogP contribution in [0.5, 0.6) is 0 Å². The normalized spacial score (nSPS) is 10.9. The molecule has 0 radical (unpaired) electrons. The van der Waals surface area contributed by atoms with Gasteiger partial charge in [0.1, 0.15) is 0 Å². The van der Waals surface area contributed by atoms with Gasteiger partial charge in [0.05, 0.1) is 0 Å². The lowest BCUT2D eigenvalue weighted by Gasteiger charge is -2.22. The topological polar surface area (TPSA) is 3.24 Å². The third kappa shape index (κ3) is 26.4. The Labute approximate surface area is 182 Å². The summed E-state index contributed by atoms with van der Waals surface area (Å²) in [4.78, 5) is 2.79. The molecule has 0 atom stereocenters. The molecule has 0 amide bonds. The highest BCUT2D eigenvalue weighted by Crippen LogP contribution is 2.11. The maximum Gasteiger partial charge on any atom is -0.00187 e. The minimum atomic E-state index is 1.36. The molecule has 0 rings (SSSR count). The summed E-state index contributed by atoms with van der Waals surface area (Å²) < 4.78 is 0. The molecule has 0 fully saturated rings. The van der Waals surface area contributed by atoms with E-state index in [0.717, 1.165) is 0 Å². The predicted octanol–water partition coefficient (Wildman–Crippen LogP) is 9.38. The van der Waals surface area contributed by atoms with Crippen molar-refractivity contribution < 1.29 is 0 Å². The average molecular weight is 449 g/mol. The van der Waals surface area contributed by atoms with E-state index < -0.39 is 0 Å². The number of halogens is 1. The Kier molecular flexibility index (Phi) is 31.4. The third-order valence-electron chi connectivity index (χ3n) is 5.48. The van der Waals surface area contributed by atoms with Gasteiger partial charge >= 0.3 is 0 Å². The zero-order chi connectivity index (χ0) is 20.4. The van der Waals surface area contributed by atoms with Gasteiger partial charge in [0.2, 0.25) is 0 Å². The van der Waals surface area contributed by atoms with Crippen molar-refractivity contribution in [1.29, 1.82) is 0 Å². The second-order valence-electron chi connectivity index (χ2n) is 8.14. The van der Waals surface area contributed by atoms with Crippen LogP contribution >= 0.6 is 15.9 Å². The Bertz CT molecular complexity index is 194. The first kappa shape index (κ1) is 29.6. The van der Waals surface area contributed by atoms with E-state index in [1.165, 1.54) is 135 Å². The number of unbranched alkanes of at least 4 members (excludes halogenated alkanes) is 15. The molecule has 0 N–H and O–H groups in total. The highest BCUT2D eigenvalue weighted by Gasteiger charge is 2.05. The first-order valence-electron chi connectivity index (χ1n) is 12.4. The minimum absolute atomic E-state index is 1.36. The van der Waals surface area contributed by atoms with Crippen LogP contribution in [0.4, 0.5) is 0 Å². The van der Waals surface area contributed by atoms with Crippen molar-refractivity contribution in [3.63, 3.8) is 0 Å². The summed E-state index contributed by atoms with van der Waals surface area (Å²) in [7, 11) is 0. The van der Waals surface area contributed by atoms with Crippen molar-refractivity contribution in [3.8, 4) is 0 Å². The summed E-state index contributed by atoms with van der Waals surface area (Å²) in [6.07, 6.45) is 25.7. The lowest BCUT2D eigenvalue weighted by molar-refractivity contribution is 0.254. The first-order chi connectivity index (χ1) is 13.3. The summed E-state index contributed by atoms with van der Waals surface area (Å²) in [5.41, 5.74) is 0. The summed E-state index contributed by atoms with van der Waals surface area (Å²) in [6.45, 7) is 11.0. The molecule has 0 aromatic rings. The van der Waals surface area contributed by atoms with Gasteiger partial charge in [-0.05, 0) is 44.7 Å². The maximum atomic E-state index is 2.94. The second-order valence-corrected chi connectivity index (χ2v) is 8.14. The molecule has 0 aliphatic rings. The zero-order valence-electron chi connectivity index (χ0n) is 19.7. The minimum Gasteiger partial charge on any atom is -0.303 e. The molecule has 1 nitrogen and oxygen atoms in total. The second kappa shape index (κ2) is 28.6. The van der Waals surface area contributed by atoms with Crippen LogP contribution in [0.1, 0.15) is 136 Å². The molecule has 0 bridgehead atoms. The van der Waals surface area contributed by atoms with Gasteiger partial charge < -0.3 is 4.90 Å². The van der Waals surface area contributed by atoms with Gasteiger partial charge in [0, 0.05) is 0 Å². The van der Waals surface area contributed by atoms with Gasteiger partial charge in [-0.2, -0.15) is 0 Å². The molecule has 166 valence electrons. The quantitative estimate of drug-likeness (QED) is 0.125. The van der Waals surface area contributed by atoms with Crippen molar-refractivity contribution in [2.45, 2.75) is 136 Å². The molecule has 2 heteroatoms. The van der Waals surface area contributed by atoms with E-state index in [1.54, 1.807) is 0 Å². The Morgan fingerprint density at radius 2 is 0.593 bits per heavy atom. The van der Waals surface area contributed by atoms with Crippen molar-refractivity contribution in [2.24, 2.45) is 0 Å². The molecule has 0 aliphatic carbocycles. The van der Waals surface area contributed by atoms with Crippen molar-refractivity contribution in [2.75, 3.05) is 25.5 Å². The Morgan fingerprint density at radius 3 is 0.852 bits per heavy atom. The average Bonchev–Trinajstić information content (AvgIpc) is 2.70. The van der Waals surface area contributed by atoms with Gasteiger partial charge in [0.15, 0.2) is 0 Å². The predicted molar refractivity (Wildman–Crippen MR) is 131 cm³/mol. The number of rotatable bonds is 21. The molecule has 0 unspecified atom stereocenters. The highest BCUT2D eigenvalue weighted by molar-refractivity contribution is 9.08. The van der Waals surface area contributed by atoms with Crippen LogP contribution in [0.25, 0.3) is 0 Å². The van der Waals surface area contributed by atoms with E-state index in [-0.39, 0.29) is 0 Å². The SMILES string of the molecule is CBr.CCCCCCCCN(CCCCCCCC)CCCCCCCC. The van der Waals surface area contributed by atoms with Gasteiger partial charge in [-0.15, -0.1) is 0 Å². The number of hydrogen-bond donors (Lipinski definition) is 0. The van der Waals surface area contributed by atoms with E-state index in [0.29, 0.717) is 0 Å². The van der Waals surface area contributed by atoms with Gasteiger partial charge in [0.25, 0.3) is 0 Å². The van der Waals surface area contributed by atoms with Crippen LogP contribution in [-0.2, 0) is 0 Å². The zero-order valence-corrected chi connectivity index (χ0v) is 21.3. The molecule has 0 heterocycles. The summed E-state index contributed by atoms with van der Waals surface area (Å²) in [5.74, 6) is 1.81. The lowest BCUT2D eigenvalue weighted by Crippen LogP contribution is -2.27. The Hall–Kier alpha value is 0.440. The molecule has 0 saturated heterocycles. The molecular formula is C25H54BrN. The third-order valence-corrected chi connectivity index (χ3v) is 5.48. The van der Waals surface area contributed by atoms with Crippen molar-refractivity contribution in [3.05, 3.63) is 0 Å². The van der Waals surface area contributed by atoms with Gasteiger partial charge in [-0.25, -0.2) is 0 Å². The fourth-order valence-electron chi connectivity index (χ4n) is 3.68. The largest absolute Gasteiger partial charge is 0.303 e. The molecule has 0 aliphatic heterocycles. The van der Waals surface area contributed by atoms with E-state index >= 15 is 0 Å². The molecular weight excluding hydrogens is 394 g/mol. The van der Waals surface area contributed by atoms with E-state index in [1.807, 2.05) is 5.83 Å². The summed E-state index contributed by atoms with van der Waals surface area (Å²) >= 11 is 2.94. The molecule has 0 aromatic heterocycles.